The van der Waals surface area contributed by atoms with Gasteiger partial charge in [0, 0.05) is 13.1 Å². The van der Waals surface area contributed by atoms with Crippen molar-refractivity contribution < 1.29 is 9.53 Å². The van der Waals surface area contributed by atoms with Gasteiger partial charge in [0.15, 0.2) is 0 Å². The van der Waals surface area contributed by atoms with Gasteiger partial charge in [-0.25, -0.2) is 9.78 Å². The highest BCUT2D eigenvalue weighted by molar-refractivity contribution is 5.67. The van der Waals surface area contributed by atoms with Gasteiger partial charge in [0.1, 0.15) is 11.4 Å². The molecule has 0 unspecified atom stereocenters. The van der Waals surface area contributed by atoms with Gasteiger partial charge in [0.2, 0.25) is 0 Å². The number of rotatable bonds is 6. The first-order valence-corrected chi connectivity index (χ1v) is 6.79. The van der Waals surface area contributed by atoms with Crippen molar-refractivity contribution >= 4 is 17.6 Å². The van der Waals surface area contributed by atoms with Gasteiger partial charge in [-0.15, -0.1) is 0 Å². The van der Waals surface area contributed by atoms with Crippen LogP contribution < -0.4 is 16.4 Å². The molecule has 0 fully saturated rings. The summed E-state index contributed by atoms with van der Waals surface area (Å²) in [5.41, 5.74) is 5.75. The fraction of sp³-hybridized carbons (Fsp3) is 0.571. The van der Waals surface area contributed by atoms with Crippen molar-refractivity contribution in [3.05, 3.63) is 18.3 Å². The van der Waals surface area contributed by atoms with Crippen LogP contribution in [0.15, 0.2) is 18.3 Å². The number of unbranched alkanes of at least 4 members (excludes halogenated alkanes) is 1. The highest BCUT2D eigenvalue weighted by atomic mass is 16.6. The van der Waals surface area contributed by atoms with E-state index in [0.29, 0.717) is 12.2 Å². The van der Waals surface area contributed by atoms with E-state index in [1.807, 2.05) is 26.8 Å². The Kier molecular flexibility index (Phi) is 6.09. The van der Waals surface area contributed by atoms with Crippen LogP contribution in [0.2, 0.25) is 0 Å². The number of nitrogens with one attached hydrogen (secondary N) is 2. The fourth-order valence-electron chi connectivity index (χ4n) is 1.48. The van der Waals surface area contributed by atoms with E-state index in [-0.39, 0.29) is 6.09 Å². The molecule has 1 aromatic rings. The van der Waals surface area contributed by atoms with Crippen LogP contribution in [0.1, 0.15) is 33.6 Å². The maximum absolute atomic E-state index is 11.4. The second-order valence-electron chi connectivity index (χ2n) is 5.54. The van der Waals surface area contributed by atoms with Crippen LogP contribution in [0.25, 0.3) is 0 Å². The van der Waals surface area contributed by atoms with Crippen LogP contribution in [0, 0.1) is 0 Å². The van der Waals surface area contributed by atoms with Crippen molar-refractivity contribution in [2.24, 2.45) is 0 Å². The van der Waals surface area contributed by atoms with E-state index in [1.165, 1.54) is 0 Å². The first-order chi connectivity index (χ1) is 9.37. The quantitative estimate of drug-likeness (QED) is 0.696. The number of nitrogen functional groups attached to an aromatic ring is 1. The van der Waals surface area contributed by atoms with E-state index in [9.17, 15) is 4.79 Å². The smallest absolute Gasteiger partial charge is 0.407 e. The number of carbonyl (C=O) groups is 1. The molecule has 1 rings (SSSR count). The summed E-state index contributed by atoms with van der Waals surface area (Å²) in [7, 11) is 0. The van der Waals surface area contributed by atoms with Crippen LogP contribution >= 0.6 is 0 Å². The molecule has 1 aromatic heterocycles. The van der Waals surface area contributed by atoms with Crippen molar-refractivity contribution in [1.29, 1.82) is 0 Å². The Morgan fingerprint density at radius 2 is 2.00 bits per heavy atom. The monoisotopic (exact) mass is 280 g/mol. The molecule has 0 radical (unpaired) electrons. The lowest BCUT2D eigenvalue weighted by Crippen LogP contribution is -2.33. The molecule has 6 heteroatoms. The van der Waals surface area contributed by atoms with Crippen LogP contribution in [0.4, 0.5) is 16.3 Å². The predicted octanol–water partition coefficient (Wildman–Crippen LogP) is 2.38. The van der Waals surface area contributed by atoms with Crippen LogP contribution in [-0.2, 0) is 4.74 Å². The molecular formula is C14H24N4O2. The lowest BCUT2D eigenvalue weighted by atomic mass is 10.2. The summed E-state index contributed by atoms with van der Waals surface area (Å²) >= 11 is 0. The van der Waals surface area contributed by atoms with Gasteiger partial charge in [0.25, 0.3) is 0 Å². The van der Waals surface area contributed by atoms with Crippen LogP contribution in [0.5, 0.6) is 0 Å². The summed E-state index contributed by atoms with van der Waals surface area (Å²) < 4.78 is 5.14. The predicted molar refractivity (Wildman–Crippen MR) is 80.6 cm³/mol. The summed E-state index contributed by atoms with van der Waals surface area (Å²) in [5.74, 6) is 0.805. The zero-order valence-corrected chi connectivity index (χ0v) is 12.4. The number of aromatic nitrogens is 1. The van der Waals surface area contributed by atoms with E-state index in [0.717, 1.165) is 25.2 Å². The summed E-state index contributed by atoms with van der Waals surface area (Å²) in [4.78, 5) is 15.5. The molecule has 0 aliphatic heterocycles. The summed E-state index contributed by atoms with van der Waals surface area (Å²) in [6, 6.07) is 3.65. The second kappa shape index (κ2) is 7.57. The number of hydrogen-bond acceptors (Lipinski definition) is 5. The maximum atomic E-state index is 11.4. The summed E-state index contributed by atoms with van der Waals surface area (Å²) in [5, 5.41) is 5.91. The molecule has 0 atom stereocenters. The Morgan fingerprint density at radius 1 is 1.30 bits per heavy atom. The normalized spacial score (nSPS) is 10.9. The van der Waals surface area contributed by atoms with Crippen molar-refractivity contribution in [2.75, 3.05) is 24.1 Å². The number of hydrogen-bond donors (Lipinski definition) is 3. The molecule has 20 heavy (non-hydrogen) atoms. The van der Waals surface area contributed by atoms with Gasteiger partial charge >= 0.3 is 6.09 Å². The SMILES string of the molecule is CC(C)(C)OC(=O)NCCCCNc1ccc(N)cn1. The molecule has 0 bridgehead atoms. The standard InChI is InChI=1S/C14H24N4O2/c1-14(2,3)20-13(19)17-9-5-4-8-16-12-7-6-11(15)10-18-12/h6-7,10H,4-5,8-9,15H2,1-3H3,(H,16,18)(H,17,19). The number of carbonyl (C=O) groups excluding carboxylic acids is 1. The van der Waals surface area contributed by atoms with E-state index in [2.05, 4.69) is 15.6 Å². The molecule has 0 spiro atoms. The molecule has 6 nitrogen and oxygen atoms in total. The zero-order valence-electron chi connectivity index (χ0n) is 12.4. The highest BCUT2D eigenvalue weighted by Crippen LogP contribution is 2.07. The molecule has 0 aliphatic rings. The molecule has 1 amide bonds. The average molecular weight is 280 g/mol. The number of ether oxygens (including phenoxy) is 1. The van der Waals surface area contributed by atoms with Gasteiger partial charge < -0.3 is 21.1 Å². The molecule has 0 saturated carbocycles. The molecule has 4 N–H and O–H groups in total. The Morgan fingerprint density at radius 3 is 2.60 bits per heavy atom. The van der Waals surface area contributed by atoms with Crippen molar-refractivity contribution in [3.63, 3.8) is 0 Å². The molecule has 0 aliphatic carbocycles. The van der Waals surface area contributed by atoms with Gasteiger partial charge in [0.05, 0.1) is 11.9 Å². The fourth-order valence-corrected chi connectivity index (χ4v) is 1.48. The summed E-state index contributed by atoms with van der Waals surface area (Å²) in [6.45, 7) is 6.93. The van der Waals surface area contributed by atoms with Gasteiger partial charge in [-0.3, -0.25) is 0 Å². The minimum Gasteiger partial charge on any atom is -0.444 e. The number of amides is 1. The number of pyridine rings is 1. The Balaban J connectivity index is 2.05. The summed E-state index contributed by atoms with van der Waals surface area (Å²) in [6.07, 6.45) is 3.06. The van der Waals surface area contributed by atoms with Gasteiger partial charge in [-0.2, -0.15) is 0 Å². The second-order valence-corrected chi connectivity index (χ2v) is 5.54. The molecule has 0 aromatic carbocycles. The average Bonchev–Trinajstić information content (AvgIpc) is 2.33. The van der Waals surface area contributed by atoms with E-state index < -0.39 is 5.60 Å². The Hall–Kier alpha value is -1.98. The molecule has 112 valence electrons. The number of nitrogens with two attached hydrogens (primary N) is 1. The highest BCUT2D eigenvalue weighted by Gasteiger charge is 2.15. The number of anilines is 2. The van der Waals surface area contributed by atoms with Crippen LogP contribution in [0.3, 0.4) is 0 Å². The third-order valence-corrected chi connectivity index (χ3v) is 2.36. The lowest BCUT2D eigenvalue weighted by Gasteiger charge is -2.19. The minimum absolute atomic E-state index is 0.370. The largest absolute Gasteiger partial charge is 0.444 e. The van der Waals surface area contributed by atoms with Crippen molar-refractivity contribution in [1.82, 2.24) is 10.3 Å². The van der Waals surface area contributed by atoms with Gasteiger partial charge in [-0.05, 0) is 45.7 Å². The van der Waals surface area contributed by atoms with Crippen molar-refractivity contribution in [3.8, 4) is 0 Å². The van der Waals surface area contributed by atoms with E-state index in [4.69, 9.17) is 10.5 Å². The topological polar surface area (TPSA) is 89.3 Å². The zero-order chi connectivity index (χ0) is 15.0. The Labute approximate surface area is 120 Å². The van der Waals surface area contributed by atoms with Gasteiger partial charge in [-0.1, -0.05) is 0 Å². The lowest BCUT2D eigenvalue weighted by molar-refractivity contribution is 0.0527. The third-order valence-electron chi connectivity index (χ3n) is 2.36. The van der Waals surface area contributed by atoms with Crippen molar-refractivity contribution in [2.45, 2.75) is 39.2 Å². The molecule has 1 heterocycles. The maximum Gasteiger partial charge on any atom is 0.407 e. The third kappa shape index (κ3) is 7.45. The van der Waals surface area contributed by atoms with E-state index >= 15 is 0 Å². The number of nitrogens with zero attached hydrogens (tertiary/aromatic N) is 1. The minimum atomic E-state index is -0.452. The Bertz CT molecular complexity index is 412. The number of alkyl carbamates (subject to hydrolysis) is 1. The first kappa shape index (κ1) is 16.1. The van der Waals surface area contributed by atoms with E-state index in [1.54, 1.807) is 12.3 Å². The molecular weight excluding hydrogens is 256 g/mol. The van der Waals surface area contributed by atoms with Crippen LogP contribution in [-0.4, -0.2) is 29.8 Å². The molecule has 0 saturated heterocycles. The first-order valence-electron chi connectivity index (χ1n) is 6.79.